The molecule has 18 heavy (non-hydrogen) atoms. The summed E-state index contributed by atoms with van der Waals surface area (Å²) in [6, 6.07) is 5.04. The van der Waals surface area contributed by atoms with E-state index in [1.807, 2.05) is 20.8 Å². The Morgan fingerprint density at radius 2 is 2.00 bits per heavy atom. The van der Waals surface area contributed by atoms with Crippen LogP contribution in [0, 0.1) is 0 Å². The minimum Gasteiger partial charge on any atom is -0.492 e. The number of aliphatic hydroxyl groups is 1. The third-order valence-electron chi connectivity index (χ3n) is 2.14. The van der Waals surface area contributed by atoms with Gasteiger partial charge in [0.2, 0.25) is 0 Å². The Kier molecular flexibility index (Phi) is 5.73. The number of rotatable bonds is 5. The Hall–Kier alpha value is -0.480. The van der Waals surface area contributed by atoms with Gasteiger partial charge in [-0.25, -0.2) is 0 Å². The average molecular weight is 292 g/mol. The molecule has 0 aromatic heterocycles. The first-order chi connectivity index (χ1) is 8.28. The normalized spacial score (nSPS) is 13.4. The van der Waals surface area contributed by atoms with E-state index < -0.39 is 6.23 Å². The fraction of sp³-hybridized carbons (Fsp3) is 0.538. The smallest absolute Gasteiger partial charge is 0.139 e. The second kappa shape index (κ2) is 6.62. The minimum absolute atomic E-state index is 0.132. The van der Waals surface area contributed by atoms with Gasteiger partial charge in [0.15, 0.2) is 0 Å². The van der Waals surface area contributed by atoms with Gasteiger partial charge in [-0.3, -0.25) is 5.32 Å². The van der Waals surface area contributed by atoms with Gasteiger partial charge in [0.25, 0.3) is 0 Å². The number of hydrogen-bond acceptors (Lipinski definition) is 3. The van der Waals surface area contributed by atoms with Gasteiger partial charge < -0.3 is 9.84 Å². The van der Waals surface area contributed by atoms with Gasteiger partial charge in [-0.2, -0.15) is 0 Å². The molecule has 1 aromatic rings. The Balaban J connectivity index is 2.40. The first-order valence-corrected chi connectivity index (χ1v) is 6.57. The Morgan fingerprint density at radius 3 is 2.61 bits per heavy atom. The number of benzene rings is 1. The van der Waals surface area contributed by atoms with E-state index in [4.69, 9.17) is 27.9 Å². The van der Waals surface area contributed by atoms with E-state index in [0.29, 0.717) is 28.8 Å². The van der Waals surface area contributed by atoms with Crippen molar-refractivity contribution in [2.45, 2.75) is 39.0 Å². The third kappa shape index (κ3) is 5.91. The first kappa shape index (κ1) is 15.6. The zero-order chi connectivity index (χ0) is 13.8. The maximum absolute atomic E-state index is 9.74. The SMILES string of the molecule is CC(C)(C)NC(O)CCOc1cc(Cl)ccc1Cl. The summed E-state index contributed by atoms with van der Waals surface area (Å²) in [7, 11) is 0. The van der Waals surface area contributed by atoms with Crippen LogP contribution in [0.1, 0.15) is 27.2 Å². The van der Waals surface area contributed by atoms with Crippen LogP contribution in [0.3, 0.4) is 0 Å². The maximum atomic E-state index is 9.74. The highest BCUT2D eigenvalue weighted by Crippen LogP contribution is 2.27. The van der Waals surface area contributed by atoms with Crippen LogP contribution in [0.4, 0.5) is 0 Å². The number of hydrogen-bond donors (Lipinski definition) is 2. The van der Waals surface area contributed by atoms with Crippen molar-refractivity contribution in [1.82, 2.24) is 5.32 Å². The molecule has 0 heterocycles. The quantitative estimate of drug-likeness (QED) is 0.817. The van der Waals surface area contributed by atoms with Crippen molar-refractivity contribution in [1.29, 1.82) is 0 Å². The van der Waals surface area contributed by atoms with E-state index in [0.717, 1.165) is 0 Å². The molecule has 0 saturated heterocycles. The summed E-state index contributed by atoms with van der Waals surface area (Å²) in [5.74, 6) is 0.534. The highest BCUT2D eigenvalue weighted by atomic mass is 35.5. The molecule has 0 aliphatic heterocycles. The summed E-state index contributed by atoms with van der Waals surface area (Å²) in [5.41, 5.74) is -0.132. The number of ether oxygens (including phenoxy) is 1. The second-order valence-corrected chi connectivity index (χ2v) is 5.97. The van der Waals surface area contributed by atoms with Gasteiger partial charge in [0.05, 0.1) is 11.6 Å². The number of halogens is 2. The molecule has 2 N–H and O–H groups in total. The number of aliphatic hydroxyl groups excluding tert-OH is 1. The van der Waals surface area contributed by atoms with Crippen LogP contribution in [0.2, 0.25) is 10.0 Å². The summed E-state index contributed by atoms with van der Waals surface area (Å²) >= 11 is 11.8. The van der Waals surface area contributed by atoms with E-state index in [2.05, 4.69) is 5.32 Å². The van der Waals surface area contributed by atoms with E-state index in [9.17, 15) is 5.11 Å². The van der Waals surface area contributed by atoms with Crippen LogP contribution >= 0.6 is 23.2 Å². The Labute approximate surface area is 118 Å². The van der Waals surface area contributed by atoms with Crippen molar-refractivity contribution in [2.75, 3.05) is 6.61 Å². The summed E-state index contributed by atoms with van der Waals surface area (Å²) in [6.45, 7) is 6.34. The van der Waals surface area contributed by atoms with Gasteiger partial charge in [-0.1, -0.05) is 23.2 Å². The first-order valence-electron chi connectivity index (χ1n) is 5.81. The van der Waals surface area contributed by atoms with E-state index >= 15 is 0 Å². The van der Waals surface area contributed by atoms with E-state index in [1.54, 1.807) is 18.2 Å². The van der Waals surface area contributed by atoms with Crippen LogP contribution in [-0.4, -0.2) is 23.5 Å². The molecule has 1 aromatic carbocycles. The van der Waals surface area contributed by atoms with Crippen LogP contribution in [0.5, 0.6) is 5.75 Å². The molecule has 0 aliphatic carbocycles. The molecule has 1 rings (SSSR count). The predicted molar refractivity (Wildman–Crippen MR) is 75.5 cm³/mol. The van der Waals surface area contributed by atoms with Gasteiger partial charge in [0.1, 0.15) is 12.0 Å². The highest BCUT2D eigenvalue weighted by Gasteiger charge is 2.14. The molecule has 0 bridgehead atoms. The average Bonchev–Trinajstić information content (AvgIpc) is 2.20. The van der Waals surface area contributed by atoms with E-state index in [1.165, 1.54) is 0 Å². The van der Waals surface area contributed by atoms with Gasteiger partial charge in [-0.05, 0) is 32.9 Å². The zero-order valence-electron chi connectivity index (χ0n) is 10.8. The summed E-state index contributed by atoms with van der Waals surface area (Å²) < 4.78 is 5.49. The van der Waals surface area contributed by atoms with Crippen LogP contribution in [0.25, 0.3) is 0 Å². The zero-order valence-corrected chi connectivity index (χ0v) is 12.3. The molecule has 3 nitrogen and oxygen atoms in total. The molecular formula is C13H19Cl2NO2. The van der Waals surface area contributed by atoms with Crippen molar-refractivity contribution in [3.05, 3.63) is 28.2 Å². The molecule has 1 unspecified atom stereocenters. The monoisotopic (exact) mass is 291 g/mol. The van der Waals surface area contributed by atoms with Gasteiger partial charge in [0, 0.05) is 23.0 Å². The van der Waals surface area contributed by atoms with Crippen molar-refractivity contribution in [3.8, 4) is 5.75 Å². The molecule has 0 radical (unpaired) electrons. The molecule has 0 saturated carbocycles. The predicted octanol–water partition coefficient (Wildman–Crippen LogP) is 3.47. The maximum Gasteiger partial charge on any atom is 0.139 e. The van der Waals surface area contributed by atoms with Gasteiger partial charge >= 0.3 is 0 Å². The molecule has 0 aliphatic rings. The fourth-order valence-corrected chi connectivity index (χ4v) is 1.77. The molecule has 0 amide bonds. The lowest BCUT2D eigenvalue weighted by atomic mass is 10.1. The summed E-state index contributed by atoms with van der Waals surface area (Å²) in [4.78, 5) is 0. The summed E-state index contributed by atoms with van der Waals surface area (Å²) in [6.07, 6.45) is -0.136. The fourth-order valence-electron chi connectivity index (χ4n) is 1.44. The topological polar surface area (TPSA) is 41.5 Å². The van der Waals surface area contributed by atoms with Crippen molar-refractivity contribution in [2.24, 2.45) is 0 Å². The molecule has 5 heteroatoms. The van der Waals surface area contributed by atoms with Crippen LogP contribution < -0.4 is 10.1 Å². The van der Waals surface area contributed by atoms with Crippen LogP contribution in [-0.2, 0) is 0 Å². The summed E-state index contributed by atoms with van der Waals surface area (Å²) in [5, 5.41) is 13.9. The number of nitrogens with one attached hydrogen (secondary N) is 1. The highest BCUT2D eigenvalue weighted by molar-refractivity contribution is 6.34. The largest absolute Gasteiger partial charge is 0.492 e. The molecule has 0 spiro atoms. The lowest BCUT2D eigenvalue weighted by molar-refractivity contribution is 0.0823. The third-order valence-corrected chi connectivity index (χ3v) is 2.69. The Bertz CT molecular complexity index is 391. The molecular weight excluding hydrogens is 273 g/mol. The van der Waals surface area contributed by atoms with Crippen LogP contribution in [0.15, 0.2) is 18.2 Å². The standard InChI is InChI=1S/C13H19Cl2NO2/c1-13(2,3)16-12(17)6-7-18-11-8-9(14)4-5-10(11)15/h4-5,8,12,16-17H,6-7H2,1-3H3. The Morgan fingerprint density at radius 1 is 1.33 bits per heavy atom. The molecule has 1 atom stereocenters. The van der Waals surface area contributed by atoms with Crippen molar-refractivity contribution < 1.29 is 9.84 Å². The van der Waals surface area contributed by atoms with E-state index in [-0.39, 0.29) is 5.54 Å². The lowest BCUT2D eigenvalue weighted by Gasteiger charge is -2.25. The van der Waals surface area contributed by atoms with Gasteiger partial charge in [-0.15, -0.1) is 0 Å². The van der Waals surface area contributed by atoms with Crippen molar-refractivity contribution in [3.63, 3.8) is 0 Å². The minimum atomic E-state index is -0.608. The second-order valence-electron chi connectivity index (χ2n) is 5.12. The molecule has 102 valence electrons. The van der Waals surface area contributed by atoms with Crippen molar-refractivity contribution >= 4 is 23.2 Å². The lowest BCUT2D eigenvalue weighted by Crippen LogP contribution is -2.44. The molecule has 0 fully saturated rings.